The molecule has 0 bridgehead atoms. The molecule has 1 rings (SSSR count). The van der Waals surface area contributed by atoms with E-state index in [2.05, 4.69) is 6.58 Å². The zero-order valence-corrected chi connectivity index (χ0v) is 6.99. The van der Waals surface area contributed by atoms with E-state index in [9.17, 15) is 0 Å². The van der Waals surface area contributed by atoms with Gasteiger partial charge in [-0.05, 0) is 24.6 Å². The standard InChI is InChI=1S/C9H12O3/c1-7(2)9(10)12-6-8-4-3-5-11-8/h3-5,9-10H,1,6H2,2H3. The Morgan fingerprint density at radius 2 is 2.58 bits per heavy atom. The van der Waals surface area contributed by atoms with Crippen molar-refractivity contribution in [3.05, 3.63) is 36.3 Å². The SMILES string of the molecule is C=C(C)C(O)OCc1ccco1. The van der Waals surface area contributed by atoms with Crippen LogP contribution < -0.4 is 0 Å². The highest BCUT2D eigenvalue weighted by Crippen LogP contribution is 2.06. The van der Waals surface area contributed by atoms with E-state index in [1.165, 1.54) is 0 Å². The summed E-state index contributed by atoms with van der Waals surface area (Å²) in [6.07, 6.45) is 0.654. The zero-order valence-electron chi connectivity index (χ0n) is 6.99. The Morgan fingerprint density at radius 1 is 1.83 bits per heavy atom. The van der Waals surface area contributed by atoms with Crippen LogP contribution in [0.4, 0.5) is 0 Å². The number of hydrogen-bond donors (Lipinski definition) is 1. The van der Waals surface area contributed by atoms with E-state index in [4.69, 9.17) is 14.3 Å². The molecule has 1 N–H and O–H groups in total. The Morgan fingerprint density at radius 3 is 3.08 bits per heavy atom. The first-order valence-electron chi connectivity index (χ1n) is 3.67. The molecular formula is C9H12O3. The smallest absolute Gasteiger partial charge is 0.177 e. The summed E-state index contributed by atoms with van der Waals surface area (Å²) in [6.45, 7) is 5.52. The zero-order chi connectivity index (χ0) is 8.97. The summed E-state index contributed by atoms with van der Waals surface area (Å²) in [4.78, 5) is 0. The maximum atomic E-state index is 9.16. The van der Waals surface area contributed by atoms with E-state index >= 15 is 0 Å². The predicted molar refractivity (Wildman–Crippen MR) is 44.3 cm³/mol. The minimum absolute atomic E-state index is 0.265. The Bertz CT molecular complexity index is 238. The van der Waals surface area contributed by atoms with Crippen LogP contribution in [0.5, 0.6) is 0 Å². The summed E-state index contributed by atoms with van der Waals surface area (Å²) in [5.74, 6) is 0.690. The topological polar surface area (TPSA) is 42.6 Å². The maximum Gasteiger partial charge on any atom is 0.177 e. The second-order valence-electron chi connectivity index (χ2n) is 2.59. The van der Waals surface area contributed by atoms with Gasteiger partial charge in [-0.2, -0.15) is 0 Å². The molecule has 0 fully saturated rings. The van der Waals surface area contributed by atoms with Gasteiger partial charge in [-0.15, -0.1) is 0 Å². The minimum Gasteiger partial charge on any atom is -0.467 e. The van der Waals surface area contributed by atoms with Crippen LogP contribution in [-0.2, 0) is 11.3 Å². The third-order valence-electron chi connectivity index (χ3n) is 1.39. The van der Waals surface area contributed by atoms with Gasteiger partial charge < -0.3 is 14.3 Å². The molecule has 0 aliphatic rings. The molecule has 1 aromatic heterocycles. The van der Waals surface area contributed by atoms with Crippen molar-refractivity contribution in [2.75, 3.05) is 0 Å². The molecule has 12 heavy (non-hydrogen) atoms. The van der Waals surface area contributed by atoms with Gasteiger partial charge in [0.2, 0.25) is 0 Å². The van der Waals surface area contributed by atoms with Crippen molar-refractivity contribution in [1.82, 2.24) is 0 Å². The van der Waals surface area contributed by atoms with Crippen molar-refractivity contribution in [2.45, 2.75) is 19.8 Å². The van der Waals surface area contributed by atoms with Crippen LogP contribution in [-0.4, -0.2) is 11.4 Å². The van der Waals surface area contributed by atoms with Crippen molar-refractivity contribution in [2.24, 2.45) is 0 Å². The molecule has 0 saturated carbocycles. The predicted octanol–water partition coefficient (Wildman–Crippen LogP) is 1.69. The second kappa shape index (κ2) is 4.09. The molecule has 0 aromatic carbocycles. The van der Waals surface area contributed by atoms with E-state index in [0.717, 1.165) is 0 Å². The number of hydrogen-bond acceptors (Lipinski definition) is 3. The normalized spacial score (nSPS) is 12.8. The van der Waals surface area contributed by atoms with Crippen LogP contribution in [0.15, 0.2) is 35.0 Å². The van der Waals surface area contributed by atoms with Gasteiger partial charge in [0, 0.05) is 0 Å². The van der Waals surface area contributed by atoms with Gasteiger partial charge in [-0.25, -0.2) is 0 Å². The Labute approximate surface area is 71.3 Å². The van der Waals surface area contributed by atoms with Crippen LogP contribution in [0.1, 0.15) is 12.7 Å². The fourth-order valence-electron chi connectivity index (χ4n) is 0.698. The van der Waals surface area contributed by atoms with Crippen molar-refractivity contribution in [1.29, 1.82) is 0 Å². The lowest BCUT2D eigenvalue weighted by atomic mass is 10.3. The Hall–Kier alpha value is -1.06. The fourth-order valence-corrected chi connectivity index (χ4v) is 0.698. The van der Waals surface area contributed by atoms with Crippen molar-refractivity contribution >= 4 is 0 Å². The van der Waals surface area contributed by atoms with Gasteiger partial charge in [-0.1, -0.05) is 6.58 Å². The maximum absolute atomic E-state index is 9.16. The van der Waals surface area contributed by atoms with Crippen LogP contribution in [0.3, 0.4) is 0 Å². The molecule has 0 radical (unpaired) electrons. The van der Waals surface area contributed by atoms with Crippen LogP contribution in [0.25, 0.3) is 0 Å². The van der Waals surface area contributed by atoms with E-state index in [-0.39, 0.29) is 6.61 Å². The Kier molecular flexibility index (Phi) is 3.08. The summed E-state index contributed by atoms with van der Waals surface area (Å²) >= 11 is 0. The minimum atomic E-state index is -0.907. The molecule has 0 amide bonds. The Balaban J connectivity index is 2.31. The average Bonchev–Trinajstić information content (AvgIpc) is 2.51. The van der Waals surface area contributed by atoms with Crippen molar-refractivity contribution in [3.63, 3.8) is 0 Å². The van der Waals surface area contributed by atoms with Gasteiger partial charge in [0.15, 0.2) is 6.29 Å². The van der Waals surface area contributed by atoms with Crippen LogP contribution >= 0.6 is 0 Å². The van der Waals surface area contributed by atoms with Crippen LogP contribution in [0, 0.1) is 0 Å². The van der Waals surface area contributed by atoms with Crippen LogP contribution in [0.2, 0.25) is 0 Å². The largest absolute Gasteiger partial charge is 0.467 e. The highest BCUT2D eigenvalue weighted by Gasteiger charge is 2.05. The molecule has 3 nitrogen and oxygen atoms in total. The highest BCUT2D eigenvalue weighted by molar-refractivity contribution is 4.97. The number of aliphatic hydroxyl groups excluding tert-OH is 1. The summed E-state index contributed by atoms with van der Waals surface area (Å²) < 4.78 is 10.0. The third kappa shape index (κ3) is 2.53. The van der Waals surface area contributed by atoms with E-state index in [1.54, 1.807) is 25.3 Å². The molecule has 1 unspecified atom stereocenters. The first kappa shape index (κ1) is 9.03. The van der Waals surface area contributed by atoms with Crippen molar-refractivity contribution < 1.29 is 14.3 Å². The molecule has 1 atom stereocenters. The molecule has 66 valence electrons. The summed E-state index contributed by atoms with van der Waals surface area (Å²) in [5, 5.41) is 9.16. The first-order valence-corrected chi connectivity index (χ1v) is 3.67. The van der Waals surface area contributed by atoms with Gasteiger partial charge in [0.1, 0.15) is 12.4 Å². The van der Waals surface area contributed by atoms with Crippen molar-refractivity contribution in [3.8, 4) is 0 Å². The molecule has 0 aliphatic heterocycles. The summed E-state index contributed by atoms with van der Waals surface area (Å²) in [5.41, 5.74) is 0.585. The molecule has 1 aromatic rings. The van der Waals surface area contributed by atoms with Gasteiger partial charge in [0.25, 0.3) is 0 Å². The third-order valence-corrected chi connectivity index (χ3v) is 1.39. The summed E-state index contributed by atoms with van der Waals surface area (Å²) in [7, 11) is 0. The number of rotatable bonds is 4. The number of aliphatic hydroxyl groups is 1. The molecule has 0 spiro atoms. The molecular weight excluding hydrogens is 156 g/mol. The summed E-state index contributed by atoms with van der Waals surface area (Å²) in [6, 6.07) is 3.55. The average molecular weight is 168 g/mol. The van der Waals surface area contributed by atoms with E-state index < -0.39 is 6.29 Å². The monoisotopic (exact) mass is 168 g/mol. The lowest BCUT2D eigenvalue weighted by Gasteiger charge is -2.09. The highest BCUT2D eigenvalue weighted by atomic mass is 16.6. The lowest BCUT2D eigenvalue weighted by molar-refractivity contribution is -0.0853. The fraction of sp³-hybridized carbons (Fsp3) is 0.333. The number of furan rings is 1. The molecule has 0 aliphatic carbocycles. The van der Waals surface area contributed by atoms with E-state index in [0.29, 0.717) is 11.3 Å². The van der Waals surface area contributed by atoms with Gasteiger partial charge >= 0.3 is 0 Å². The lowest BCUT2D eigenvalue weighted by Crippen LogP contribution is -2.11. The molecule has 1 heterocycles. The van der Waals surface area contributed by atoms with Gasteiger partial charge in [-0.3, -0.25) is 0 Å². The molecule has 0 saturated heterocycles. The van der Waals surface area contributed by atoms with E-state index in [1.807, 2.05) is 0 Å². The molecule has 3 heteroatoms. The second-order valence-corrected chi connectivity index (χ2v) is 2.59. The quantitative estimate of drug-likeness (QED) is 0.549. The number of ether oxygens (including phenoxy) is 1. The first-order chi connectivity index (χ1) is 5.70. The van der Waals surface area contributed by atoms with Gasteiger partial charge in [0.05, 0.1) is 6.26 Å².